The van der Waals surface area contributed by atoms with Crippen LogP contribution in [0, 0.1) is 0 Å². The van der Waals surface area contributed by atoms with Crippen LogP contribution in [0.25, 0.3) is 0 Å². The zero-order valence-electron chi connectivity index (χ0n) is 11.7. The van der Waals surface area contributed by atoms with Gasteiger partial charge in [0.15, 0.2) is 11.8 Å². The van der Waals surface area contributed by atoms with Gasteiger partial charge in [-0.25, -0.2) is 4.98 Å². The van der Waals surface area contributed by atoms with Crippen molar-refractivity contribution in [2.24, 2.45) is 4.99 Å². The van der Waals surface area contributed by atoms with Gasteiger partial charge in [-0.05, 0) is 19.1 Å². The van der Waals surface area contributed by atoms with E-state index in [2.05, 4.69) is 15.3 Å². The third-order valence-electron chi connectivity index (χ3n) is 3.28. The van der Waals surface area contributed by atoms with Crippen molar-refractivity contribution in [3.63, 3.8) is 0 Å². The number of halogens is 1. The van der Waals surface area contributed by atoms with Gasteiger partial charge >= 0.3 is 0 Å². The van der Waals surface area contributed by atoms with E-state index in [1.807, 2.05) is 30.3 Å². The summed E-state index contributed by atoms with van der Waals surface area (Å²) in [6.45, 7) is 1.34. The van der Waals surface area contributed by atoms with Crippen molar-refractivity contribution in [3.05, 3.63) is 58.9 Å². The monoisotopic (exact) mass is 313 g/mol. The maximum Gasteiger partial charge on any atom is 0.256 e. The fraction of sp³-hybridized carbons (Fsp3) is 0.125. The highest BCUT2D eigenvalue weighted by Crippen LogP contribution is 2.24. The van der Waals surface area contributed by atoms with Crippen molar-refractivity contribution in [1.82, 2.24) is 4.98 Å². The molecule has 0 fully saturated rings. The summed E-state index contributed by atoms with van der Waals surface area (Å²) in [5.41, 5.74) is 2.18. The number of nitrogens with one attached hydrogen (secondary N) is 1. The first kappa shape index (κ1) is 14.4. The van der Waals surface area contributed by atoms with Crippen LogP contribution in [0.2, 0.25) is 5.15 Å². The van der Waals surface area contributed by atoms with E-state index in [9.17, 15) is 9.59 Å². The van der Waals surface area contributed by atoms with Crippen molar-refractivity contribution >= 4 is 34.7 Å². The van der Waals surface area contributed by atoms with E-state index >= 15 is 0 Å². The second-order valence-electron chi connectivity index (χ2n) is 4.88. The van der Waals surface area contributed by atoms with Crippen LogP contribution < -0.4 is 5.32 Å². The number of aromatic nitrogens is 1. The Morgan fingerprint density at radius 2 is 1.91 bits per heavy atom. The molecular formula is C16H12ClN3O2. The third-order valence-corrected chi connectivity index (χ3v) is 3.49. The lowest BCUT2D eigenvalue weighted by Crippen LogP contribution is -2.31. The van der Waals surface area contributed by atoms with Crippen molar-refractivity contribution in [2.75, 3.05) is 5.32 Å². The molecule has 1 atom stereocenters. The second kappa shape index (κ2) is 5.69. The Hall–Kier alpha value is -2.53. The Kier molecular flexibility index (Phi) is 3.73. The number of carbonyl (C=O) groups is 2. The first-order valence-electron chi connectivity index (χ1n) is 6.67. The molecule has 0 spiro atoms. The van der Waals surface area contributed by atoms with Gasteiger partial charge in [-0.15, -0.1) is 0 Å². The fourth-order valence-electron chi connectivity index (χ4n) is 2.25. The SMILES string of the molecule is CC(=O)C1N=C(c2ccccc2)c2nc(Cl)ccc2NC1=O. The zero-order chi connectivity index (χ0) is 15.7. The molecule has 1 aliphatic rings. The van der Waals surface area contributed by atoms with E-state index in [4.69, 9.17) is 11.6 Å². The highest BCUT2D eigenvalue weighted by Gasteiger charge is 2.29. The molecule has 3 rings (SSSR count). The highest BCUT2D eigenvalue weighted by atomic mass is 35.5. The van der Waals surface area contributed by atoms with Crippen molar-refractivity contribution < 1.29 is 9.59 Å². The molecule has 22 heavy (non-hydrogen) atoms. The lowest BCUT2D eigenvalue weighted by atomic mass is 10.1. The van der Waals surface area contributed by atoms with Gasteiger partial charge in [0.05, 0.1) is 11.4 Å². The molecule has 1 N–H and O–H groups in total. The summed E-state index contributed by atoms with van der Waals surface area (Å²) in [7, 11) is 0. The number of Topliss-reactive ketones (excluding diaryl/α,β-unsaturated/α-hetero) is 1. The van der Waals surface area contributed by atoms with E-state index in [-0.39, 0.29) is 10.9 Å². The number of fused-ring (bicyclic) bond motifs is 1. The average molecular weight is 314 g/mol. The predicted octanol–water partition coefficient (Wildman–Crippen LogP) is 2.48. The summed E-state index contributed by atoms with van der Waals surface area (Å²) in [5.74, 6) is -0.798. The van der Waals surface area contributed by atoms with Crippen LogP contribution in [0.4, 0.5) is 5.69 Å². The number of ketones is 1. The van der Waals surface area contributed by atoms with Crippen LogP contribution in [0.15, 0.2) is 47.5 Å². The van der Waals surface area contributed by atoms with Crippen LogP contribution in [-0.4, -0.2) is 28.4 Å². The smallest absolute Gasteiger partial charge is 0.256 e. The lowest BCUT2D eigenvalue weighted by Gasteiger charge is -2.08. The summed E-state index contributed by atoms with van der Waals surface area (Å²) < 4.78 is 0. The number of benzene rings is 1. The Morgan fingerprint density at radius 3 is 2.59 bits per heavy atom. The summed E-state index contributed by atoms with van der Waals surface area (Å²) in [6.07, 6.45) is 0. The molecule has 0 saturated heterocycles. The predicted molar refractivity (Wildman–Crippen MR) is 84.4 cm³/mol. The molecule has 1 unspecified atom stereocenters. The van der Waals surface area contributed by atoms with Crippen LogP contribution in [0.1, 0.15) is 18.2 Å². The molecule has 5 nitrogen and oxygen atoms in total. The van der Waals surface area contributed by atoms with Crippen molar-refractivity contribution in [1.29, 1.82) is 0 Å². The van der Waals surface area contributed by atoms with Gasteiger partial charge in [0.2, 0.25) is 0 Å². The topological polar surface area (TPSA) is 71.4 Å². The molecule has 1 aromatic heterocycles. The van der Waals surface area contributed by atoms with Gasteiger partial charge in [0.25, 0.3) is 5.91 Å². The zero-order valence-corrected chi connectivity index (χ0v) is 12.5. The molecule has 2 heterocycles. The molecule has 6 heteroatoms. The molecular weight excluding hydrogens is 302 g/mol. The van der Waals surface area contributed by atoms with Gasteiger partial charge < -0.3 is 5.32 Å². The van der Waals surface area contributed by atoms with Crippen LogP contribution in [-0.2, 0) is 9.59 Å². The molecule has 110 valence electrons. The van der Waals surface area contributed by atoms with Crippen LogP contribution >= 0.6 is 11.6 Å². The first-order valence-corrected chi connectivity index (χ1v) is 7.05. The Labute approximate surface area is 132 Å². The number of aliphatic imine (C=N–C) groups is 1. The minimum Gasteiger partial charge on any atom is -0.322 e. The van der Waals surface area contributed by atoms with E-state index in [1.54, 1.807) is 12.1 Å². The standard InChI is InChI=1S/C16H12ClN3O2/c1-9(21)13-16(22)18-11-7-8-12(17)19-15(11)14(20-13)10-5-3-2-4-6-10/h2-8,13H,1H3,(H,18,22). The van der Waals surface area contributed by atoms with Gasteiger partial charge in [0.1, 0.15) is 10.8 Å². The Morgan fingerprint density at radius 1 is 1.18 bits per heavy atom. The second-order valence-corrected chi connectivity index (χ2v) is 5.26. The maximum atomic E-state index is 12.2. The van der Waals surface area contributed by atoms with Gasteiger partial charge in [-0.2, -0.15) is 0 Å². The third kappa shape index (κ3) is 2.63. The quantitative estimate of drug-likeness (QED) is 0.684. The molecule has 0 saturated carbocycles. The number of nitrogens with zero attached hydrogens (tertiary/aromatic N) is 2. The maximum absolute atomic E-state index is 12.2. The van der Waals surface area contributed by atoms with Crippen molar-refractivity contribution in [2.45, 2.75) is 13.0 Å². The number of amides is 1. The summed E-state index contributed by atoms with van der Waals surface area (Å²) in [5, 5.41) is 2.98. The van der Waals surface area contributed by atoms with Crippen LogP contribution in [0.3, 0.4) is 0 Å². The Balaban J connectivity index is 2.25. The van der Waals surface area contributed by atoms with E-state index in [0.29, 0.717) is 17.1 Å². The summed E-state index contributed by atoms with van der Waals surface area (Å²) in [4.78, 5) is 32.5. The highest BCUT2D eigenvalue weighted by molar-refractivity contribution is 6.30. The molecule has 0 aliphatic carbocycles. The number of hydrogen-bond acceptors (Lipinski definition) is 4. The minimum atomic E-state index is -1.09. The van der Waals surface area contributed by atoms with Crippen molar-refractivity contribution in [3.8, 4) is 0 Å². The van der Waals surface area contributed by atoms with E-state index < -0.39 is 11.9 Å². The molecule has 0 bridgehead atoms. The first-order chi connectivity index (χ1) is 10.6. The number of rotatable bonds is 2. The lowest BCUT2D eigenvalue weighted by molar-refractivity contribution is -0.125. The largest absolute Gasteiger partial charge is 0.322 e. The molecule has 1 aliphatic heterocycles. The Bertz CT molecular complexity index is 787. The molecule has 1 amide bonds. The molecule has 2 aromatic rings. The van der Waals surface area contributed by atoms with Gasteiger partial charge in [-0.3, -0.25) is 14.6 Å². The number of carbonyl (C=O) groups excluding carboxylic acids is 2. The van der Waals surface area contributed by atoms with E-state index in [1.165, 1.54) is 6.92 Å². The number of pyridine rings is 1. The number of hydrogen-bond donors (Lipinski definition) is 1. The molecule has 0 radical (unpaired) electrons. The molecule has 1 aromatic carbocycles. The normalized spacial score (nSPS) is 17.1. The van der Waals surface area contributed by atoms with Crippen LogP contribution in [0.5, 0.6) is 0 Å². The summed E-state index contributed by atoms with van der Waals surface area (Å²) >= 11 is 5.97. The average Bonchev–Trinajstić information content (AvgIpc) is 2.64. The summed E-state index contributed by atoms with van der Waals surface area (Å²) in [6, 6.07) is 11.4. The minimum absolute atomic E-state index is 0.290. The van der Waals surface area contributed by atoms with Gasteiger partial charge in [0, 0.05) is 5.56 Å². The fourth-order valence-corrected chi connectivity index (χ4v) is 2.40. The van der Waals surface area contributed by atoms with Gasteiger partial charge in [-0.1, -0.05) is 41.9 Å². The number of anilines is 1. The van der Waals surface area contributed by atoms with E-state index in [0.717, 1.165) is 5.56 Å².